The number of benzene rings is 9. The molecule has 9 aromatic carbocycles. The highest BCUT2D eigenvalue weighted by Crippen LogP contribution is 2.52. The van der Waals surface area contributed by atoms with Crippen molar-refractivity contribution in [3.8, 4) is 22.3 Å². The zero-order valence-electron chi connectivity index (χ0n) is 30.3. The molecule has 264 valence electrons. The fourth-order valence-electron chi connectivity index (χ4n) is 8.13. The van der Waals surface area contributed by atoms with E-state index in [1.807, 2.05) is 23.9 Å². The van der Waals surface area contributed by atoms with Crippen LogP contribution in [0.1, 0.15) is 0 Å². The van der Waals surface area contributed by atoms with Crippen molar-refractivity contribution < 1.29 is 4.42 Å². The first-order valence-corrected chi connectivity index (χ1v) is 19.7. The Kier molecular flexibility index (Phi) is 7.75. The van der Waals surface area contributed by atoms with Gasteiger partial charge in [-0.2, -0.15) is 0 Å². The summed E-state index contributed by atoms with van der Waals surface area (Å²) >= 11 is 1.84. The number of fused-ring (bicyclic) bond motifs is 6. The van der Waals surface area contributed by atoms with Crippen LogP contribution in [-0.2, 0) is 0 Å². The second kappa shape index (κ2) is 13.4. The van der Waals surface area contributed by atoms with Crippen molar-refractivity contribution >= 4 is 78.6 Å². The Balaban J connectivity index is 0.966. The number of furan rings is 1. The van der Waals surface area contributed by atoms with Crippen molar-refractivity contribution in [2.75, 3.05) is 9.80 Å². The van der Waals surface area contributed by atoms with Gasteiger partial charge in [0.25, 0.3) is 0 Å². The van der Waals surface area contributed by atoms with Crippen molar-refractivity contribution in [1.29, 1.82) is 0 Å². The van der Waals surface area contributed by atoms with Gasteiger partial charge in [0.2, 0.25) is 0 Å². The summed E-state index contributed by atoms with van der Waals surface area (Å²) in [6.07, 6.45) is 0. The van der Waals surface area contributed by atoms with Crippen LogP contribution in [0.2, 0.25) is 0 Å². The van der Waals surface area contributed by atoms with E-state index in [0.29, 0.717) is 0 Å². The number of hydrogen-bond acceptors (Lipinski definition) is 4. The summed E-state index contributed by atoms with van der Waals surface area (Å²) < 4.78 is 6.11. The van der Waals surface area contributed by atoms with E-state index in [9.17, 15) is 0 Å². The average Bonchev–Trinajstić information content (AvgIpc) is 3.64. The van der Waals surface area contributed by atoms with Crippen LogP contribution in [0.25, 0.3) is 55.0 Å². The lowest BCUT2D eigenvalue weighted by Gasteiger charge is -2.33. The molecule has 2 heterocycles. The minimum atomic E-state index is 0.908. The van der Waals surface area contributed by atoms with Gasteiger partial charge in [0.15, 0.2) is 0 Å². The minimum absolute atomic E-state index is 0.908. The number of hydrogen-bond donors (Lipinski definition) is 0. The van der Waals surface area contributed by atoms with Crippen LogP contribution in [0, 0.1) is 0 Å². The van der Waals surface area contributed by atoms with Crippen LogP contribution >= 0.6 is 11.8 Å². The smallest absolute Gasteiger partial charge is 0.135 e. The molecule has 0 aliphatic carbocycles. The van der Waals surface area contributed by atoms with E-state index >= 15 is 0 Å². The fraction of sp³-hybridized carbons (Fsp3) is 0. The van der Waals surface area contributed by atoms with Crippen molar-refractivity contribution in [1.82, 2.24) is 0 Å². The molecular weight excluding hydrogens is 701 g/mol. The molecule has 1 aliphatic rings. The van der Waals surface area contributed by atoms with Crippen LogP contribution in [-0.4, -0.2) is 0 Å². The molecule has 10 aromatic rings. The van der Waals surface area contributed by atoms with Crippen LogP contribution in [0.3, 0.4) is 0 Å². The Morgan fingerprint density at radius 1 is 0.393 bits per heavy atom. The van der Waals surface area contributed by atoms with Crippen molar-refractivity contribution in [3.63, 3.8) is 0 Å². The van der Waals surface area contributed by atoms with Crippen LogP contribution in [0.5, 0.6) is 0 Å². The minimum Gasteiger partial charge on any atom is -0.456 e. The van der Waals surface area contributed by atoms with E-state index in [2.05, 4.69) is 204 Å². The molecular formula is C52H34N2OS. The largest absolute Gasteiger partial charge is 0.456 e. The second-order valence-electron chi connectivity index (χ2n) is 14.2. The van der Waals surface area contributed by atoms with E-state index in [0.717, 1.165) is 55.8 Å². The molecule has 0 saturated carbocycles. The molecule has 0 spiro atoms. The molecule has 11 rings (SSSR count). The number of rotatable bonds is 6. The van der Waals surface area contributed by atoms with Crippen molar-refractivity contribution in [2.45, 2.75) is 9.79 Å². The molecule has 1 aliphatic heterocycles. The maximum atomic E-state index is 6.11. The Bertz CT molecular complexity index is 3050. The van der Waals surface area contributed by atoms with Gasteiger partial charge < -0.3 is 14.2 Å². The van der Waals surface area contributed by atoms with E-state index in [-0.39, 0.29) is 0 Å². The lowest BCUT2D eigenvalue weighted by molar-refractivity contribution is 0.669. The molecule has 0 atom stereocenters. The Hall–Kier alpha value is -7.01. The zero-order valence-corrected chi connectivity index (χ0v) is 31.2. The zero-order chi connectivity index (χ0) is 37.0. The second-order valence-corrected chi connectivity index (χ2v) is 15.2. The average molecular weight is 735 g/mol. The highest BCUT2D eigenvalue weighted by atomic mass is 32.2. The van der Waals surface area contributed by atoms with Gasteiger partial charge in [0.1, 0.15) is 11.2 Å². The number of anilines is 6. The first-order chi connectivity index (χ1) is 27.7. The lowest BCUT2D eigenvalue weighted by Crippen LogP contribution is -2.14. The molecule has 0 amide bonds. The Morgan fingerprint density at radius 2 is 0.982 bits per heavy atom. The molecule has 56 heavy (non-hydrogen) atoms. The van der Waals surface area contributed by atoms with Gasteiger partial charge in [-0.3, -0.25) is 0 Å². The molecule has 0 radical (unpaired) electrons. The molecule has 0 fully saturated rings. The van der Waals surface area contributed by atoms with Crippen molar-refractivity contribution in [3.05, 3.63) is 206 Å². The molecule has 0 N–H and O–H groups in total. The van der Waals surface area contributed by atoms with E-state index in [1.54, 1.807) is 0 Å². The van der Waals surface area contributed by atoms with Crippen molar-refractivity contribution in [2.24, 2.45) is 0 Å². The fourth-order valence-corrected chi connectivity index (χ4v) is 9.23. The first-order valence-electron chi connectivity index (χ1n) is 18.9. The quantitative estimate of drug-likeness (QED) is 0.169. The van der Waals surface area contributed by atoms with Gasteiger partial charge in [-0.15, -0.1) is 0 Å². The van der Waals surface area contributed by atoms with Crippen LogP contribution < -0.4 is 9.80 Å². The summed E-state index contributed by atoms with van der Waals surface area (Å²) in [6, 6.07) is 74.0. The molecule has 0 unspecified atom stereocenters. The van der Waals surface area contributed by atoms with Gasteiger partial charge in [0, 0.05) is 43.0 Å². The van der Waals surface area contributed by atoms with Gasteiger partial charge >= 0.3 is 0 Å². The third-order valence-corrected chi connectivity index (χ3v) is 12.0. The monoisotopic (exact) mass is 734 g/mol. The summed E-state index contributed by atoms with van der Waals surface area (Å²) in [4.78, 5) is 7.24. The maximum Gasteiger partial charge on any atom is 0.135 e. The standard InChI is InChI=1S/C52H34N2OS/c1-2-13-40(14-3-1)54-47-17-7-9-20-51(47)56-52-34-39(25-31-48(52)54)36-23-29-42(30-24-36)53(46-18-10-12-37-11-4-5-15-43(37)46)41-27-21-35(22-28-41)38-26-32-50-45(33-38)44-16-6-8-19-49(44)55-50/h1-34H. The number of nitrogens with zero attached hydrogens (tertiary/aromatic N) is 2. The highest BCUT2D eigenvalue weighted by Gasteiger charge is 2.25. The predicted molar refractivity (Wildman–Crippen MR) is 236 cm³/mol. The maximum absolute atomic E-state index is 6.11. The molecule has 4 heteroatoms. The van der Waals surface area contributed by atoms with Gasteiger partial charge in [-0.1, -0.05) is 133 Å². The first kappa shape index (κ1) is 32.4. The normalized spacial score (nSPS) is 12.2. The van der Waals surface area contributed by atoms with E-state index in [1.165, 1.54) is 43.1 Å². The van der Waals surface area contributed by atoms with Gasteiger partial charge in [-0.25, -0.2) is 0 Å². The highest BCUT2D eigenvalue weighted by molar-refractivity contribution is 7.99. The number of para-hydroxylation sites is 3. The third kappa shape index (κ3) is 5.54. The molecule has 1 aromatic heterocycles. The Labute approximate surface area is 329 Å². The topological polar surface area (TPSA) is 19.6 Å². The van der Waals surface area contributed by atoms with Crippen LogP contribution in [0.15, 0.2) is 220 Å². The van der Waals surface area contributed by atoms with E-state index < -0.39 is 0 Å². The molecule has 3 nitrogen and oxygen atoms in total. The van der Waals surface area contributed by atoms with E-state index in [4.69, 9.17) is 4.42 Å². The summed E-state index contributed by atoms with van der Waals surface area (Å²) in [5.41, 5.74) is 13.4. The summed E-state index contributed by atoms with van der Waals surface area (Å²) in [6.45, 7) is 0. The van der Waals surface area contributed by atoms with Gasteiger partial charge in [-0.05, 0) is 113 Å². The SMILES string of the molecule is c1ccc(N2c3ccccc3Sc3cc(-c4ccc(N(c5ccc(-c6ccc7oc8ccccc8c7c6)cc5)c5cccc6ccccc56)cc4)ccc32)cc1. The summed E-state index contributed by atoms with van der Waals surface area (Å²) in [5.74, 6) is 0. The molecule has 0 saturated heterocycles. The predicted octanol–water partition coefficient (Wildman–Crippen LogP) is 15.5. The van der Waals surface area contributed by atoms with Crippen LogP contribution in [0.4, 0.5) is 34.1 Å². The third-order valence-electron chi connectivity index (χ3n) is 10.8. The Morgan fingerprint density at radius 3 is 1.79 bits per heavy atom. The van der Waals surface area contributed by atoms with Gasteiger partial charge in [0.05, 0.1) is 17.1 Å². The summed E-state index contributed by atoms with van der Waals surface area (Å²) in [5, 5.41) is 4.69. The lowest BCUT2D eigenvalue weighted by atomic mass is 10.0. The molecule has 0 bridgehead atoms. The summed E-state index contributed by atoms with van der Waals surface area (Å²) in [7, 11) is 0.